The SMILES string of the molecule is COC(=O)[C@H]1O[C@H](c2ccccc2)O[C@H]1c1ccccc1. The smallest absolute Gasteiger partial charge is 0.338 e. The molecule has 2 aromatic rings. The Bertz CT molecular complexity index is 597. The highest BCUT2D eigenvalue weighted by molar-refractivity contribution is 5.76. The molecular weight excluding hydrogens is 268 g/mol. The molecule has 0 aromatic heterocycles. The standard InChI is InChI=1S/C17H16O4/c1-19-16(18)15-14(12-8-4-2-5-9-12)20-17(21-15)13-10-6-3-7-11-13/h2-11,14-15,17H,1H3/t14-,15-,17+/m0/s1. The number of benzene rings is 2. The van der Waals surface area contributed by atoms with Crippen molar-refractivity contribution in [3.63, 3.8) is 0 Å². The third kappa shape index (κ3) is 2.82. The molecule has 2 aromatic carbocycles. The molecule has 0 unspecified atom stereocenters. The molecule has 0 amide bonds. The predicted molar refractivity (Wildman–Crippen MR) is 76.3 cm³/mol. The first kappa shape index (κ1) is 13.8. The van der Waals surface area contributed by atoms with Gasteiger partial charge in [0.2, 0.25) is 0 Å². The number of hydrogen-bond donors (Lipinski definition) is 0. The molecule has 0 bridgehead atoms. The van der Waals surface area contributed by atoms with Gasteiger partial charge < -0.3 is 14.2 Å². The lowest BCUT2D eigenvalue weighted by atomic mass is 10.0. The highest BCUT2D eigenvalue weighted by atomic mass is 16.7. The van der Waals surface area contributed by atoms with E-state index in [4.69, 9.17) is 14.2 Å². The zero-order valence-electron chi connectivity index (χ0n) is 11.6. The van der Waals surface area contributed by atoms with Crippen molar-refractivity contribution in [2.45, 2.75) is 18.5 Å². The molecule has 0 aliphatic carbocycles. The van der Waals surface area contributed by atoms with Crippen LogP contribution >= 0.6 is 0 Å². The van der Waals surface area contributed by atoms with Crippen molar-refractivity contribution >= 4 is 5.97 Å². The van der Waals surface area contributed by atoms with Crippen molar-refractivity contribution in [1.82, 2.24) is 0 Å². The average molecular weight is 284 g/mol. The number of ether oxygens (including phenoxy) is 3. The second kappa shape index (κ2) is 6.08. The zero-order chi connectivity index (χ0) is 14.7. The van der Waals surface area contributed by atoms with Crippen LogP contribution in [0.1, 0.15) is 23.5 Å². The van der Waals surface area contributed by atoms with Gasteiger partial charge >= 0.3 is 5.97 Å². The minimum Gasteiger partial charge on any atom is -0.467 e. The van der Waals surface area contributed by atoms with Gasteiger partial charge in [-0.05, 0) is 5.56 Å². The molecule has 0 N–H and O–H groups in total. The highest BCUT2D eigenvalue weighted by Gasteiger charge is 2.43. The Kier molecular flexibility index (Phi) is 3.99. The lowest BCUT2D eigenvalue weighted by Gasteiger charge is -2.14. The maximum atomic E-state index is 11.9. The summed E-state index contributed by atoms with van der Waals surface area (Å²) < 4.78 is 16.5. The summed E-state index contributed by atoms with van der Waals surface area (Å²) >= 11 is 0. The monoisotopic (exact) mass is 284 g/mol. The van der Waals surface area contributed by atoms with Crippen LogP contribution in [0.4, 0.5) is 0 Å². The molecular formula is C17H16O4. The lowest BCUT2D eigenvalue weighted by Crippen LogP contribution is -2.27. The van der Waals surface area contributed by atoms with E-state index in [1.807, 2.05) is 60.7 Å². The van der Waals surface area contributed by atoms with E-state index in [-0.39, 0.29) is 0 Å². The van der Waals surface area contributed by atoms with E-state index in [1.54, 1.807) is 0 Å². The first-order chi connectivity index (χ1) is 10.3. The number of rotatable bonds is 3. The van der Waals surface area contributed by atoms with E-state index in [0.717, 1.165) is 11.1 Å². The first-order valence-electron chi connectivity index (χ1n) is 6.78. The van der Waals surface area contributed by atoms with Crippen LogP contribution in [0.3, 0.4) is 0 Å². The number of esters is 1. The fourth-order valence-corrected chi connectivity index (χ4v) is 2.40. The summed E-state index contributed by atoms with van der Waals surface area (Å²) in [7, 11) is 1.35. The van der Waals surface area contributed by atoms with E-state index in [1.165, 1.54) is 7.11 Å². The maximum Gasteiger partial charge on any atom is 0.338 e. The number of methoxy groups -OCH3 is 1. The molecule has 3 atom stereocenters. The summed E-state index contributed by atoms with van der Waals surface area (Å²) in [6, 6.07) is 19.1. The van der Waals surface area contributed by atoms with Crippen LogP contribution in [0, 0.1) is 0 Å². The number of carbonyl (C=O) groups excluding carboxylic acids is 1. The molecule has 0 radical (unpaired) electrons. The molecule has 108 valence electrons. The topological polar surface area (TPSA) is 44.8 Å². The van der Waals surface area contributed by atoms with Gasteiger partial charge in [-0.2, -0.15) is 0 Å². The summed E-state index contributed by atoms with van der Waals surface area (Å²) in [5, 5.41) is 0. The third-order valence-electron chi connectivity index (χ3n) is 3.45. The predicted octanol–water partition coefficient (Wildman–Crippen LogP) is 3.01. The molecule has 1 heterocycles. The molecule has 0 saturated carbocycles. The van der Waals surface area contributed by atoms with E-state index < -0.39 is 24.5 Å². The summed E-state index contributed by atoms with van der Waals surface area (Å²) in [6.45, 7) is 0. The Labute approximate surface area is 123 Å². The molecule has 0 spiro atoms. The van der Waals surface area contributed by atoms with Crippen molar-refractivity contribution in [2.24, 2.45) is 0 Å². The maximum absolute atomic E-state index is 11.9. The van der Waals surface area contributed by atoms with Crippen molar-refractivity contribution in [3.05, 3.63) is 71.8 Å². The first-order valence-corrected chi connectivity index (χ1v) is 6.78. The molecule has 1 aliphatic heterocycles. The highest BCUT2D eigenvalue weighted by Crippen LogP contribution is 2.40. The lowest BCUT2D eigenvalue weighted by molar-refractivity contribution is -0.154. The Morgan fingerprint density at radius 2 is 1.48 bits per heavy atom. The van der Waals surface area contributed by atoms with E-state index >= 15 is 0 Å². The quantitative estimate of drug-likeness (QED) is 0.813. The van der Waals surface area contributed by atoms with Gasteiger partial charge in [0.15, 0.2) is 12.4 Å². The van der Waals surface area contributed by atoms with Crippen LogP contribution in [0.25, 0.3) is 0 Å². The van der Waals surface area contributed by atoms with Crippen molar-refractivity contribution in [3.8, 4) is 0 Å². The average Bonchev–Trinajstić information content (AvgIpc) is 3.01. The van der Waals surface area contributed by atoms with Crippen molar-refractivity contribution in [2.75, 3.05) is 7.11 Å². The zero-order valence-corrected chi connectivity index (χ0v) is 11.6. The Hall–Kier alpha value is -2.17. The van der Waals surface area contributed by atoms with E-state index in [0.29, 0.717) is 0 Å². The normalized spacial score (nSPS) is 24.7. The van der Waals surface area contributed by atoms with Crippen molar-refractivity contribution < 1.29 is 19.0 Å². The van der Waals surface area contributed by atoms with Gasteiger partial charge in [0.1, 0.15) is 6.10 Å². The molecule has 21 heavy (non-hydrogen) atoms. The van der Waals surface area contributed by atoms with Crippen LogP contribution in [0.15, 0.2) is 60.7 Å². The van der Waals surface area contributed by atoms with Gasteiger partial charge in [0, 0.05) is 5.56 Å². The molecule has 1 fully saturated rings. The summed E-state index contributed by atoms with van der Waals surface area (Å²) in [6.07, 6.45) is -1.80. The van der Waals surface area contributed by atoms with Crippen LogP contribution in [0.5, 0.6) is 0 Å². The van der Waals surface area contributed by atoms with E-state index in [9.17, 15) is 4.79 Å². The van der Waals surface area contributed by atoms with Gasteiger partial charge in [0.05, 0.1) is 7.11 Å². The second-order valence-electron chi connectivity index (χ2n) is 4.79. The molecule has 1 aliphatic rings. The van der Waals surface area contributed by atoms with Gasteiger partial charge in [0.25, 0.3) is 0 Å². The summed E-state index contributed by atoms with van der Waals surface area (Å²) in [5.41, 5.74) is 1.77. The molecule has 1 saturated heterocycles. The van der Waals surface area contributed by atoms with Gasteiger partial charge in [-0.1, -0.05) is 60.7 Å². The fraction of sp³-hybridized carbons (Fsp3) is 0.235. The van der Waals surface area contributed by atoms with Gasteiger partial charge in [-0.25, -0.2) is 4.79 Å². The molecule has 4 nitrogen and oxygen atoms in total. The van der Waals surface area contributed by atoms with Gasteiger partial charge in [-0.15, -0.1) is 0 Å². The minimum atomic E-state index is -0.761. The van der Waals surface area contributed by atoms with Gasteiger partial charge in [-0.3, -0.25) is 0 Å². The number of hydrogen-bond acceptors (Lipinski definition) is 4. The Morgan fingerprint density at radius 3 is 2.05 bits per heavy atom. The largest absolute Gasteiger partial charge is 0.467 e. The van der Waals surface area contributed by atoms with Crippen LogP contribution in [0.2, 0.25) is 0 Å². The van der Waals surface area contributed by atoms with Crippen LogP contribution in [-0.2, 0) is 19.0 Å². The van der Waals surface area contributed by atoms with E-state index in [2.05, 4.69) is 0 Å². The fourth-order valence-electron chi connectivity index (χ4n) is 2.40. The number of carbonyl (C=O) groups is 1. The Morgan fingerprint density at radius 1 is 0.905 bits per heavy atom. The summed E-state index contributed by atoms with van der Waals surface area (Å²) in [5.74, 6) is -0.428. The second-order valence-corrected chi connectivity index (χ2v) is 4.79. The molecule has 3 rings (SSSR count). The van der Waals surface area contributed by atoms with Crippen LogP contribution < -0.4 is 0 Å². The minimum absolute atomic E-state index is 0.428. The molecule has 4 heteroatoms. The Balaban J connectivity index is 1.89. The van der Waals surface area contributed by atoms with Crippen molar-refractivity contribution in [1.29, 1.82) is 0 Å². The van der Waals surface area contributed by atoms with Crippen LogP contribution in [-0.4, -0.2) is 19.2 Å². The third-order valence-corrected chi connectivity index (χ3v) is 3.45. The summed E-state index contributed by atoms with van der Waals surface area (Å²) in [4.78, 5) is 11.9.